The monoisotopic (exact) mass is 1090 g/mol. The van der Waals surface area contributed by atoms with Crippen LogP contribution in [0.4, 0.5) is 0 Å². The zero-order valence-electron chi connectivity index (χ0n) is 50.4. The minimum atomic E-state index is -4.62. The first-order valence-electron chi connectivity index (χ1n) is 31.4. The summed E-state index contributed by atoms with van der Waals surface area (Å²) >= 11 is 0. The van der Waals surface area contributed by atoms with E-state index in [1.807, 2.05) is 27.2 Å². The molecule has 2 N–H and O–H groups in total. The second-order valence-electron chi connectivity index (χ2n) is 22.0. The molecule has 0 bridgehead atoms. The van der Waals surface area contributed by atoms with Gasteiger partial charge in [-0.3, -0.25) is 9.36 Å². The fourth-order valence-electron chi connectivity index (χ4n) is 8.52. The Hall–Kier alpha value is -3.10. The number of phosphoric acid groups is 1. The lowest BCUT2D eigenvalue weighted by molar-refractivity contribution is -0.870. The summed E-state index contributed by atoms with van der Waals surface area (Å²) in [5, 5.41) is 13.9. The van der Waals surface area contributed by atoms with Gasteiger partial charge in [-0.1, -0.05) is 264 Å². The van der Waals surface area contributed by atoms with Crippen LogP contribution in [0, 0.1) is 0 Å². The van der Waals surface area contributed by atoms with Gasteiger partial charge in [0, 0.05) is 6.42 Å². The summed E-state index contributed by atoms with van der Waals surface area (Å²) in [6.45, 7) is 4.51. The molecular formula is C68H119N2O6P. The van der Waals surface area contributed by atoms with Crippen LogP contribution in [-0.4, -0.2) is 68.5 Å². The predicted molar refractivity (Wildman–Crippen MR) is 334 cm³/mol. The highest BCUT2D eigenvalue weighted by Crippen LogP contribution is 2.38. The molecule has 0 spiro atoms. The number of likely N-dealkylation sites (N-methyl/N-ethyl adjacent to an activating group) is 1. The Bertz CT molecular complexity index is 1670. The molecular weight excluding hydrogens is 972 g/mol. The second-order valence-corrected chi connectivity index (χ2v) is 23.4. The number of amides is 1. The van der Waals surface area contributed by atoms with Crippen molar-refractivity contribution in [2.75, 3.05) is 40.9 Å². The van der Waals surface area contributed by atoms with E-state index >= 15 is 0 Å². The molecule has 0 saturated heterocycles. The maximum absolute atomic E-state index is 13.0. The number of unbranched alkanes of at least 4 members (excludes halogenated alkanes) is 25. The van der Waals surface area contributed by atoms with E-state index in [0.29, 0.717) is 17.4 Å². The van der Waals surface area contributed by atoms with Crippen LogP contribution in [0.15, 0.2) is 122 Å². The summed E-state index contributed by atoms with van der Waals surface area (Å²) < 4.78 is 23.4. The Balaban J connectivity index is 4.23. The molecule has 0 fully saturated rings. The Morgan fingerprint density at radius 3 is 1.21 bits per heavy atom. The number of rotatable bonds is 56. The number of allylic oxidation sites excluding steroid dienone is 19. The van der Waals surface area contributed by atoms with Gasteiger partial charge in [0.15, 0.2) is 0 Å². The average molecular weight is 1090 g/mol. The Morgan fingerprint density at radius 1 is 0.468 bits per heavy atom. The molecule has 442 valence electrons. The van der Waals surface area contributed by atoms with Crippen molar-refractivity contribution in [2.45, 2.75) is 264 Å². The van der Waals surface area contributed by atoms with Gasteiger partial charge < -0.3 is 28.8 Å². The highest BCUT2D eigenvalue weighted by atomic mass is 31.2. The average Bonchev–Trinajstić information content (AvgIpc) is 3.39. The van der Waals surface area contributed by atoms with E-state index in [0.717, 1.165) is 96.3 Å². The number of quaternary nitrogens is 1. The van der Waals surface area contributed by atoms with Gasteiger partial charge in [0.1, 0.15) is 13.2 Å². The first kappa shape index (κ1) is 73.9. The summed E-state index contributed by atoms with van der Waals surface area (Å²) in [6.07, 6.45) is 85.7. The third-order valence-electron chi connectivity index (χ3n) is 13.4. The second kappa shape index (κ2) is 57.6. The molecule has 3 unspecified atom stereocenters. The predicted octanol–water partition coefficient (Wildman–Crippen LogP) is 19.1. The van der Waals surface area contributed by atoms with Gasteiger partial charge in [0.2, 0.25) is 5.91 Å². The van der Waals surface area contributed by atoms with Crippen molar-refractivity contribution in [1.29, 1.82) is 0 Å². The van der Waals surface area contributed by atoms with E-state index < -0.39 is 26.6 Å². The molecule has 0 aromatic rings. The number of hydrogen-bond acceptors (Lipinski definition) is 6. The van der Waals surface area contributed by atoms with Gasteiger partial charge in [-0.2, -0.15) is 0 Å². The van der Waals surface area contributed by atoms with Crippen LogP contribution in [0.2, 0.25) is 0 Å². The first-order valence-corrected chi connectivity index (χ1v) is 32.9. The van der Waals surface area contributed by atoms with Crippen molar-refractivity contribution in [3.63, 3.8) is 0 Å². The third kappa shape index (κ3) is 60.4. The number of hydrogen-bond donors (Lipinski definition) is 2. The normalized spacial score (nSPS) is 14.6. The standard InChI is InChI=1S/C68H119N2O6P/c1-6-8-10-12-14-16-18-20-22-24-26-28-30-31-32-33-34-35-36-37-38-39-40-42-44-46-48-50-52-54-56-58-60-62-68(72)69-66(65-76-77(73,74)75-64-63-70(3,4)5)67(71)61-59-57-55-53-51-49-47-45-43-41-29-27-25-23-21-19-17-15-13-11-9-7-2/h8,10,14,16,20,22,26,28,31-32,34-35,37-38,43,45,51,53,59,61,66-67,71H,6-7,9,11-13,15,17-19,21,23-25,27,29-30,33,36,39-42,44,46-50,52,54-58,60,62-65H2,1-5H3,(H-,69,72,73,74)/b10-8-,16-14-,22-20-,28-26-,32-31-,35-34-,38-37-,45-43+,53-51+,61-59+. The van der Waals surface area contributed by atoms with Crippen molar-refractivity contribution in [3.8, 4) is 0 Å². The molecule has 8 nitrogen and oxygen atoms in total. The SMILES string of the molecule is CC/C=C\C/C=C\C/C=C\C/C=C\C/C=C\C/C=C\C/C=C\CCCCCCCCCCCCCC(=O)NC(COP(=O)([O-])OCC[N+](C)(C)C)C(O)/C=C/CC/C=C/CC/C=C/CCCCCCCCCCCCCC. The van der Waals surface area contributed by atoms with E-state index in [1.54, 1.807) is 6.08 Å². The highest BCUT2D eigenvalue weighted by Gasteiger charge is 2.23. The number of phosphoric ester groups is 1. The molecule has 3 atom stereocenters. The minimum absolute atomic E-state index is 0.0151. The fourth-order valence-corrected chi connectivity index (χ4v) is 9.24. The maximum Gasteiger partial charge on any atom is 0.268 e. The number of carbonyl (C=O) groups excluding carboxylic acids is 1. The number of nitrogens with zero attached hydrogens (tertiary/aromatic N) is 1. The van der Waals surface area contributed by atoms with Crippen LogP contribution in [0.25, 0.3) is 0 Å². The Morgan fingerprint density at radius 2 is 0.805 bits per heavy atom. The Kier molecular flexibility index (Phi) is 55.3. The molecule has 0 aliphatic carbocycles. The summed E-state index contributed by atoms with van der Waals surface area (Å²) in [7, 11) is 1.22. The molecule has 0 rings (SSSR count). The minimum Gasteiger partial charge on any atom is -0.756 e. The van der Waals surface area contributed by atoms with Gasteiger partial charge in [-0.25, -0.2) is 0 Å². The smallest absolute Gasteiger partial charge is 0.268 e. The maximum atomic E-state index is 13.0. The molecule has 77 heavy (non-hydrogen) atoms. The summed E-state index contributed by atoms with van der Waals surface area (Å²) in [6, 6.07) is -0.921. The molecule has 0 heterocycles. The first-order chi connectivity index (χ1) is 37.5. The van der Waals surface area contributed by atoms with E-state index in [1.165, 1.54) is 135 Å². The van der Waals surface area contributed by atoms with Crippen LogP contribution in [0.1, 0.15) is 251 Å². The molecule has 0 aliphatic rings. The van der Waals surface area contributed by atoms with E-state index in [4.69, 9.17) is 9.05 Å². The van der Waals surface area contributed by atoms with Crippen LogP contribution in [0.5, 0.6) is 0 Å². The molecule has 1 amide bonds. The fraction of sp³-hybridized carbons (Fsp3) is 0.691. The summed E-state index contributed by atoms with van der Waals surface area (Å²) in [4.78, 5) is 25.6. The molecule has 0 aromatic carbocycles. The number of carbonyl (C=O) groups is 1. The Labute approximate surface area is 475 Å². The number of aliphatic hydroxyl groups is 1. The number of aliphatic hydroxyl groups excluding tert-OH is 1. The van der Waals surface area contributed by atoms with Gasteiger partial charge in [-0.05, 0) is 103 Å². The van der Waals surface area contributed by atoms with E-state index in [2.05, 4.69) is 129 Å². The summed E-state index contributed by atoms with van der Waals surface area (Å²) in [5.41, 5.74) is 0. The van der Waals surface area contributed by atoms with Crippen molar-refractivity contribution in [3.05, 3.63) is 122 Å². The van der Waals surface area contributed by atoms with E-state index in [-0.39, 0.29) is 12.5 Å². The van der Waals surface area contributed by atoms with Gasteiger partial charge in [0.25, 0.3) is 7.82 Å². The zero-order chi connectivity index (χ0) is 56.3. The van der Waals surface area contributed by atoms with Crippen molar-refractivity contribution < 1.29 is 32.9 Å². The van der Waals surface area contributed by atoms with Crippen LogP contribution >= 0.6 is 7.82 Å². The third-order valence-corrected chi connectivity index (χ3v) is 14.3. The van der Waals surface area contributed by atoms with Gasteiger partial charge in [-0.15, -0.1) is 0 Å². The lowest BCUT2D eigenvalue weighted by Crippen LogP contribution is -2.45. The van der Waals surface area contributed by atoms with Crippen LogP contribution in [-0.2, 0) is 18.4 Å². The summed E-state index contributed by atoms with van der Waals surface area (Å²) in [5.74, 6) is -0.218. The van der Waals surface area contributed by atoms with Crippen LogP contribution in [0.3, 0.4) is 0 Å². The largest absolute Gasteiger partial charge is 0.756 e. The lowest BCUT2D eigenvalue weighted by atomic mass is 10.0. The molecule has 9 heteroatoms. The molecule has 0 aliphatic heterocycles. The topological polar surface area (TPSA) is 108 Å². The van der Waals surface area contributed by atoms with Crippen LogP contribution < -0.4 is 10.2 Å². The van der Waals surface area contributed by atoms with Crippen molar-refractivity contribution in [1.82, 2.24) is 5.32 Å². The van der Waals surface area contributed by atoms with Gasteiger partial charge >= 0.3 is 0 Å². The molecule has 0 radical (unpaired) electrons. The lowest BCUT2D eigenvalue weighted by Gasteiger charge is -2.29. The van der Waals surface area contributed by atoms with Crippen molar-refractivity contribution >= 4 is 13.7 Å². The number of nitrogens with one attached hydrogen (secondary N) is 1. The van der Waals surface area contributed by atoms with E-state index in [9.17, 15) is 19.4 Å². The zero-order valence-corrected chi connectivity index (χ0v) is 51.3. The quantitative estimate of drug-likeness (QED) is 0.0272. The molecule has 0 saturated carbocycles. The molecule has 0 aromatic heterocycles. The highest BCUT2D eigenvalue weighted by molar-refractivity contribution is 7.45. The van der Waals surface area contributed by atoms with Crippen molar-refractivity contribution in [2.24, 2.45) is 0 Å². The van der Waals surface area contributed by atoms with Gasteiger partial charge in [0.05, 0.1) is 39.9 Å².